The number of nitrogens with zero attached hydrogens (tertiary/aromatic N) is 2. The summed E-state index contributed by atoms with van der Waals surface area (Å²) in [6.07, 6.45) is 4.62. The Hall–Kier alpha value is -2.08. The molecule has 0 atom stereocenters. The molecule has 1 aromatic heterocycles. The van der Waals surface area contributed by atoms with Gasteiger partial charge in [0, 0.05) is 6.54 Å². The minimum atomic E-state index is 0.360. The monoisotopic (exact) mass is 332 g/mol. The van der Waals surface area contributed by atoms with Gasteiger partial charge in [-0.15, -0.1) is 0 Å². The lowest BCUT2D eigenvalue weighted by atomic mass is 10.2. The summed E-state index contributed by atoms with van der Waals surface area (Å²) in [5.41, 5.74) is 2.14. The van der Waals surface area contributed by atoms with Gasteiger partial charge in [-0.2, -0.15) is 5.10 Å². The topological polar surface area (TPSA) is 51.1 Å². The number of thiocarbonyl (C=S) groups is 1. The maximum Gasteiger partial charge on any atom is 0.180 e. The Bertz CT molecular complexity index is 622. The fourth-order valence-electron chi connectivity index (χ4n) is 1.93. The lowest BCUT2D eigenvalue weighted by molar-refractivity contribution is 0.221. The molecule has 0 spiro atoms. The third-order valence-electron chi connectivity index (χ3n) is 3.26. The number of rotatable bonds is 7. The zero-order chi connectivity index (χ0) is 16.7. The average Bonchev–Trinajstić information content (AvgIpc) is 2.99. The van der Waals surface area contributed by atoms with E-state index in [-0.39, 0.29) is 0 Å². The van der Waals surface area contributed by atoms with Gasteiger partial charge in [0.25, 0.3) is 0 Å². The quantitative estimate of drug-likeness (QED) is 0.761. The minimum absolute atomic E-state index is 0.360. The van der Waals surface area contributed by atoms with Gasteiger partial charge >= 0.3 is 0 Å². The summed E-state index contributed by atoms with van der Waals surface area (Å²) in [6, 6.07) is 8.10. The molecule has 0 radical (unpaired) electrons. The fraction of sp³-hybridized carbons (Fsp3) is 0.412. The van der Waals surface area contributed by atoms with Crippen LogP contribution in [-0.2, 0) is 13.2 Å². The van der Waals surface area contributed by atoms with Crippen molar-refractivity contribution in [2.24, 2.45) is 5.92 Å². The van der Waals surface area contributed by atoms with E-state index in [0.29, 0.717) is 17.8 Å². The highest BCUT2D eigenvalue weighted by molar-refractivity contribution is 7.80. The van der Waals surface area contributed by atoms with Crippen molar-refractivity contribution < 1.29 is 4.74 Å². The molecule has 0 fully saturated rings. The van der Waals surface area contributed by atoms with Gasteiger partial charge in [0.05, 0.1) is 18.1 Å². The van der Waals surface area contributed by atoms with Crippen LogP contribution in [0.3, 0.4) is 0 Å². The highest BCUT2D eigenvalue weighted by atomic mass is 32.1. The first kappa shape index (κ1) is 17.3. The SMILES string of the molecule is CCc1ccc(OCn2cc(NC(=S)NCC(C)C)cn2)cc1. The number of anilines is 1. The van der Waals surface area contributed by atoms with Crippen molar-refractivity contribution in [1.29, 1.82) is 0 Å². The van der Waals surface area contributed by atoms with E-state index < -0.39 is 0 Å². The summed E-state index contributed by atoms with van der Waals surface area (Å²) in [7, 11) is 0. The van der Waals surface area contributed by atoms with Gasteiger partial charge < -0.3 is 15.4 Å². The average molecular weight is 332 g/mol. The summed E-state index contributed by atoms with van der Waals surface area (Å²) < 4.78 is 7.44. The minimum Gasteiger partial charge on any atom is -0.471 e. The number of nitrogens with one attached hydrogen (secondary N) is 2. The second kappa shape index (κ2) is 8.53. The zero-order valence-electron chi connectivity index (χ0n) is 13.9. The number of hydrogen-bond acceptors (Lipinski definition) is 3. The van der Waals surface area contributed by atoms with Crippen LogP contribution in [0, 0.1) is 5.92 Å². The Kier molecular flexibility index (Phi) is 6.40. The number of aryl methyl sites for hydroxylation is 1. The Balaban J connectivity index is 1.80. The molecule has 0 amide bonds. The van der Waals surface area contributed by atoms with Crippen molar-refractivity contribution in [3.05, 3.63) is 42.2 Å². The molecule has 0 unspecified atom stereocenters. The maximum atomic E-state index is 5.71. The summed E-state index contributed by atoms with van der Waals surface area (Å²) in [4.78, 5) is 0. The van der Waals surface area contributed by atoms with Crippen LogP contribution in [0.1, 0.15) is 26.3 Å². The lowest BCUT2D eigenvalue weighted by Crippen LogP contribution is -2.31. The van der Waals surface area contributed by atoms with Gasteiger partial charge in [0.1, 0.15) is 5.75 Å². The molecule has 0 saturated heterocycles. The molecule has 1 aromatic carbocycles. The number of ether oxygens (including phenoxy) is 1. The van der Waals surface area contributed by atoms with Crippen LogP contribution in [0.4, 0.5) is 5.69 Å². The van der Waals surface area contributed by atoms with Gasteiger partial charge in [-0.25, -0.2) is 4.68 Å². The van der Waals surface area contributed by atoms with E-state index >= 15 is 0 Å². The molecule has 0 saturated carbocycles. The Morgan fingerprint density at radius 1 is 1.30 bits per heavy atom. The maximum absolute atomic E-state index is 5.71. The highest BCUT2D eigenvalue weighted by Gasteiger charge is 2.03. The first-order chi connectivity index (χ1) is 11.1. The van der Waals surface area contributed by atoms with Crippen LogP contribution in [0.25, 0.3) is 0 Å². The highest BCUT2D eigenvalue weighted by Crippen LogP contribution is 2.13. The molecule has 0 aliphatic carbocycles. The Labute approximate surface area is 143 Å². The predicted molar refractivity (Wildman–Crippen MR) is 97.7 cm³/mol. The lowest BCUT2D eigenvalue weighted by Gasteiger charge is -2.10. The second-order valence-corrected chi connectivity index (χ2v) is 6.18. The van der Waals surface area contributed by atoms with E-state index in [1.165, 1.54) is 5.56 Å². The molecule has 2 aromatic rings. The Morgan fingerprint density at radius 2 is 2.04 bits per heavy atom. The van der Waals surface area contributed by atoms with E-state index in [0.717, 1.165) is 24.4 Å². The van der Waals surface area contributed by atoms with Crippen molar-refractivity contribution in [2.75, 3.05) is 11.9 Å². The van der Waals surface area contributed by atoms with Gasteiger partial charge in [-0.3, -0.25) is 0 Å². The third-order valence-corrected chi connectivity index (χ3v) is 3.50. The van der Waals surface area contributed by atoms with Crippen molar-refractivity contribution in [3.8, 4) is 5.75 Å². The molecule has 0 aliphatic rings. The normalized spacial score (nSPS) is 10.6. The molecule has 124 valence electrons. The predicted octanol–water partition coefficient (Wildman–Crippen LogP) is 3.42. The van der Waals surface area contributed by atoms with Gasteiger partial charge in [0.2, 0.25) is 0 Å². The van der Waals surface area contributed by atoms with Crippen LogP contribution in [0.15, 0.2) is 36.7 Å². The van der Waals surface area contributed by atoms with Crippen molar-refractivity contribution in [2.45, 2.75) is 33.9 Å². The third kappa shape index (κ3) is 5.90. The first-order valence-electron chi connectivity index (χ1n) is 7.86. The standard InChI is InChI=1S/C17H24N4OS/c1-4-14-5-7-16(8-6-14)22-12-21-11-15(10-19-21)20-17(23)18-9-13(2)3/h5-8,10-11,13H,4,9,12H2,1-3H3,(H2,18,20,23). The van der Waals surface area contributed by atoms with E-state index in [9.17, 15) is 0 Å². The molecular formula is C17H24N4OS. The molecule has 2 rings (SSSR count). The van der Waals surface area contributed by atoms with Gasteiger partial charge in [-0.05, 0) is 42.3 Å². The smallest absolute Gasteiger partial charge is 0.180 e. The molecular weight excluding hydrogens is 308 g/mol. The fourth-order valence-corrected chi connectivity index (χ4v) is 2.13. The largest absolute Gasteiger partial charge is 0.471 e. The van der Waals surface area contributed by atoms with Crippen molar-refractivity contribution in [1.82, 2.24) is 15.1 Å². The summed E-state index contributed by atoms with van der Waals surface area (Å²) >= 11 is 5.24. The molecule has 0 aliphatic heterocycles. The molecule has 5 nitrogen and oxygen atoms in total. The van der Waals surface area contributed by atoms with Crippen LogP contribution >= 0.6 is 12.2 Å². The van der Waals surface area contributed by atoms with E-state index in [2.05, 4.69) is 48.6 Å². The van der Waals surface area contributed by atoms with Crippen molar-refractivity contribution >= 4 is 23.0 Å². The number of benzene rings is 1. The van der Waals surface area contributed by atoms with E-state index in [1.807, 2.05) is 18.3 Å². The Morgan fingerprint density at radius 3 is 2.70 bits per heavy atom. The van der Waals surface area contributed by atoms with Crippen LogP contribution < -0.4 is 15.4 Å². The molecule has 1 heterocycles. The van der Waals surface area contributed by atoms with E-state index in [1.54, 1.807) is 10.9 Å². The zero-order valence-corrected chi connectivity index (χ0v) is 14.7. The van der Waals surface area contributed by atoms with Crippen LogP contribution in [-0.4, -0.2) is 21.4 Å². The summed E-state index contributed by atoms with van der Waals surface area (Å²) in [5.74, 6) is 1.38. The van der Waals surface area contributed by atoms with Crippen LogP contribution in [0.5, 0.6) is 5.75 Å². The van der Waals surface area contributed by atoms with Gasteiger partial charge in [0.15, 0.2) is 11.8 Å². The summed E-state index contributed by atoms with van der Waals surface area (Å²) in [6.45, 7) is 7.61. The molecule has 2 N–H and O–H groups in total. The molecule has 0 bridgehead atoms. The molecule has 6 heteroatoms. The van der Waals surface area contributed by atoms with Crippen LogP contribution in [0.2, 0.25) is 0 Å². The molecule has 23 heavy (non-hydrogen) atoms. The first-order valence-corrected chi connectivity index (χ1v) is 8.26. The van der Waals surface area contributed by atoms with Crippen molar-refractivity contribution in [3.63, 3.8) is 0 Å². The van der Waals surface area contributed by atoms with Gasteiger partial charge in [-0.1, -0.05) is 32.9 Å². The number of hydrogen-bond donors (Lipinski definition) is 2. The van der Waals surface area contributed by atoms with E-state index in [4.69, 9.17) is 17.0 Å². The summed E-state index contributed by atoms with van der Waals surface area (Å²) in [5, 5.41) is 11.1. The second-order valence-electron chi connectivity index (χ2n) is 5.77. The number of aromatic nitrogens is 2.